The van der Waals surface area contributed by atoms with E-state index in [0.29, 0.717) is 17.5 Å². The predicted molar refractivity (Wildman–Crippen MR) is 45.3 cm³/mol. The van der Waals surface area contributed by atoms with Crippen LogP contribution in [0.4, 0.5) is 0 Å². The van der Waals surface area contributed by atoms with E-state index in [4.69, 9.17) is 4.74 Å². The number of carbonyl (C=O) groups excluding carboxylic acids is 1. The van der Waals surface area contributed by atoms with Gasteiger partial charge in [-0.05, 0) is 10.9 Å². The van der Waals surface area contributed by atoms with Crippen molar-refractivity contribution in [3.05, 3.63) is 0 Å². The van der Waals surface area contributed by atoms with Crippen LogP contribution in [0.15, 0.2) is 0 Å². The third kappa shape index (κ3) is 7.82. The summed E-state index contributed by atoms with van der Waals surface area (Å²) in [5.41, 5.74) is 0. The maximum atomic E-state index is 10.3. The molecule has 0 aliphatic heterocycles. The second-order valence-electron chi connectivity index (χ2n) is 2.38. The summed E-state index contributed by atoms with van der Waals surface area (Å²) in [4.78, 5) is 10.3. The van der Waals surface area contributed by atoms with Crippen LogP contribution in [-0.4, -0.2) is 30.8 Å². The third-order valence-corrected chi connectivity index (χ3v) is 2.11. The Labute approximate surface area is 65.3 Å². The molecule has 0 aliphatic carbocycles. The minimum atomic E-state index is -0.174. The van der Waals surface area contributed by atoms with Crippen LogP contribution in [0.3, 0.4) is 0 Å². The molecule has 0 bridgehead atoms. The maximum Gasteiger partial charge on any atom is 0.302 e. The first-order chi connectivity index (χ1) is 4.63. The second kappa shape index (κ2) is 5.59. The monoisotopic (exact) mass is 163 g/mol. The summed E-state index contributed by atoms with van der Waals surface area (Å²) in [6, 6.07) is 0. The standard InChI is InChI=1S/C7H15O2S/c1-7(8)9-5-4-6-10(2)3/h4-6H2,1-3H3/q+1. The van der Waals surface area contributed by atoms with Crippen LogP contribution >= 0.6 is 0 Å². The molecule has 0 radical (unpaired) electrons. The van der Waals surface area contributed by atoms with Gasteiger partial charge in [-0.2, -0.15) is 0 Å². The first kappa shape index (κ1) is 9.82. The van der Waals surface area contributed by atoms with Crippen LogP contribution in [0.5, 0.6) is 0 Å². The molecule has 0 unspecified atom stereocenters. The highest BCUT2D eigenvalue weighted by atomic mass is 32.2. The predicted octanol–water partition coefficient (Wildman–Crippen LogP) is 0.818. The summed E-state index contributed by atoms with van der Waals surface area (Å²) < 4.78 is 4.76. The maximum absolute atomic E-state index is 10.3. The Morgan fingerprint density at radius 3 is 2.50 bits per heavy atom. The van der Waals surface area contributed by atoms with E-state index in [1.807, 2.05) is 0 Å². The van der Waals surface area contributed by atoms with E-state index in [2.05, 4.69) is 12.5 Å². The highest BCUT2D eigenvalue weighted by molar-refractivity contribution is 7.95. The number of carbonyl (C=O) groups is 1. The fraction of sp³-hybridized carbons (Fsp3) is 0.857. The van der Waals surface area contributed by atoms with Gasteiger partial charge in [0, 0.05) is 13.3 Å². The average Bonchev–Trinajstić information content (AvgIpc) is 1.79. The van der Waals surface area contributed by atoms with Crippen LogP contribution in [0.2, 0.25) is 0 Å². The van der Waals surface area contributed by atoms with E-state index >= 15 is 0 Å². The Kier molecular flexibility index (Phi) is 5.49. The first-order valence-corrected chi connectivity index (χ1v) is 5.51. The molecule has 60 valence electrons. The topological polar surface area (TPSA) is 26.3 Å². The molecular formula is C7H15O2S+. The molecule has 0 aromatic rings. The van der Waals surface area contributed by atoms with Crippen molar-refractivity contribution >= 4 is 16.9 Å². The Bertz CT molecular complexity index is 102. The molecule has 0 amide bonds. The number of rotatable bonds is 4. The Morgan fingerprint density at radius 1 is 1.50 bits per heavy atom. The van der Waals surface area contributed by atoms with Gasteiger partial charge in [0.25, 0.3) is 0 Å². The van der Waals surface area contributed by atoms with Gasteiger partial charge in [0.1, 0.15) is 5.75 Å². The van der Waals surface area contributed by atoms with Crippen LogP contribution < -0.4 is 0 Å². The van der Waals surface area contributed by atoms with Crippen LogP contribution in [-0.2, 0) is 20.4 Å². The SMILES string of the molecule is CC(=O)OCCC[S+](C)C. The quantitative estimate of drug-likeness (QED) is 0.348. The normalized spacial score (nSPS) is 10.0. The molecule has 0 aromatic heterocycles. The van der Waals surface area contributed by atoms with Crippen molar-refractivity contribution in [2.45, 2.75) is 13.3 Å². The van der Waals surface area contributed by atoms with Gasteiger partial charge in [0.2, 0.25) is 0 Å². The van der Waals surface area contributed by atoms with Gasteiger partial charge in [-0.25, -0.2) is 0 Å². The van der Waals surface area contributed by atoms with Gasteiger partial charge >= 0.3 is 5.97 Å². The highest BCUT2D eigenvalue weighted by Gasteiger charge is 2.01. The minimum Gasteiger partial charge on any atom is -0.466 e. The summed E-state index contributed by atoms with van der Waals surface area (Å²) in [6.45, 7) is 2.03. The number of ether oxygens (including phenoxy) is 1. The number of esters is 1. The summed E-state index contributed by atoms with van der Waals surface area (Å²) in [6.07, 6.45) is 5.37. The van der Waals surface area contributed by atoms with Crippen molar-refractivity contribution in [2.24, 2.45) is 0 Å². The molecule has 0 saturated carbocycles. The Hall–Kier alpha value is -0.180. The lowest BCUT2D eigenvalue weighted by molar-refractivity contribution is -0.140. The molecule has 0 rings (SSSR count). The molecular weight excluding hydrogens is 148 g/mol. The summed E-state index contributed by atoms with van der Waals surface area (Å²) in [5.74, 6) is 0.986. The largest absolute Gasteiger partial charge is 0.466 e. The molecule has 0 aliphatic rings. The van der Waals surface area contributed by atoms with E-state index in [9.17, 15) is 4.79 Å². The lowest BCUT2D eigenvalue weighted by atomic mass is 10.5. The van der Waals surface area contributed by atoms with Crippen molar-refractivity contribution in [1.29, 1.82) is 0 Å². The molecule has 0 saturated heterocycles. The zero-order valence-corrected chi connectivity index (χ0v) is 7.66. The van der Waals surface area contributed by atoms with Crippen LogP contribution in [0.1, 0.15) is 13.3 Å². The summed E-state index contributed by atoms with van der Waals surface area (Å²) >= 11 is 0. The third-order valence-electron chi connectivity index (χ3n) is 1.00. The van der Waals surface area contributed by atoms with E-state index in [1.165, 1.54) is 6.92 Å². The van der Waals surface area contributed by atoms with Gasteiger partial charge in [0.05, 0.1) is 19.1 Å². The van der Waals surface area contributed by atoms with Crippen molar-refractivity contribution in [3.8, 4) is 0 Å². The Morgan fingerprint density at radius 2 is 2.10 bits per heavy atom. The lowest BCUT2D eigenvalue weighted by Gasteiger charge is -1.98. The summed E-state index contributed by atoms with van der Waals surface area (Å²) in [7, 11) is 0.478. The lowest BCUT2D eigenvalue weighted by Crippen LogP contribution is -2.07. The second-order valence-corrected chi connectivity index (χ2v) is 4.76. The van der Waals surface area contributed by atoms with Gasteiger partial charge in [-0.3, -0.25) is 4.79 Å². The highest BCUT2D eigenvalue weighted by Crippen LogP contribution is 1.90. The smallest absolute Gasteiger partial charge is 0.302 e. The molecule has 0 N–H and O–H groups in total. The molecule has 2 nitrogen and oxygen atoms in total. The molecule has 0 aromatic carbocycles. The van der Waals surface area contributed by atoms with Crippen LogP contribution in [0.25, 0.3) is 0 Å². The number of hydrogen-bond acceptors (Lipinski definition) is 2. The molecule has 0 heterocycles. The van der Waals surface area contributed by atoms with E-state index in [1.54, 1.807) is 0 Å². The van der Waals surface area contributed by atoms with Crippen molar-refractivity contribution < 1.29 is 9.53 Å². The molecule has 0 fully saturated rings. The van der Waals surface area contributed by atoms with Crippen molar-refractivity contribution in [3.63, 3.8) is 0 Å². The van der Waals surface area contributed by atoms with Gasteiger partial charge in [0.15, 0.2) is 0 Å². The van der Waals surface area contributed by atoms with Gasteiger partial charge in [-0.1, -0.05) is 0 Å². The van der Waals surface area contributed by atoms with Gasteiger partial charge in [-0.15, -0.1) is 0 Å². The van der Waals surface area contributed by atoms with Gasteiger partial charge < -0.3 is 4.74 Å². The molecule has 3 heteroatoms. The first-order valence-electron chi connectivity index (χ1n) is 3.30. The van der Waals surface area contributed by atoms with E-state index in [0.717, 1.165) is 12.2 Å². The van der Waals surface area contributed by atoms with Crippen LogP contribution in [0, 0.1) is 0 Å². The molecule has 0 spiro atoms. The fourth-order valence-corrected chi connectivity index (χ4v) is 1.26. The minimum absolute atomic E-state index is 0.174. The van der Waals surface area contributed by atoms with Crippen molar-refractivity contribution in [1.82, 2.24) is 0 Å². The Balaban J connectivity index is 2.98. The molecule has 0 atom stereocenters. The fourth-order valence-electron chi connectivity index (χ4n) is 0.563. The van der Waals surface area contributed by atoms with Crippen molar-refractivity contribution in [2.75, 3.05) is 24.9 Å². The van der Waals surface area contributed by atoms with E-state index in [-0.39, 0.29) is 5.97 Å². The zero-order chi connectivity index (χ0) is 7.98. The zero-order valence-electron chi connectivity index (χ0n) is 6.85. The summed E-state index contributed by atoms with van der Waals surface area (Å²) in [5, 5.41) is 0. The molecule has 10 heavy (non-hydrogen) atoms. The average molecular weight is 163 g/mol. The number of hydrogen-bond donors (Lipinski definition) is 0. The van der Waals surface area contributed by atoms with E-state index < -0.39 is 0 Å².